The van der Waals surface area contributed by atoms with Crippen molar-refractivity contribution >= 4 is 64.0 Å². The van der Waals surface area contributed by atoms with E-state index in [9.17, 15) is 10.1 Å². The first-order chi connectivity index (χ1) is 21.6. The van der Waals surface area contributed by atoms with E-state index in [1.54, 1.807) is 24.3 Å². The maximum absolute atomic E-state index is 12.6. The standard InChI is InChI=1S/C32H21Cl5N2O6/c1-41-23-11-17(7-10-21(23)42-14-16-5-3-2-4-6-16)25-19-9-8-18(12-22(19)45-32(39)20(25)13-38)44-24(40)15-43-31-29(36)27(34)26(33)28(35)30(31)37/h2-12,25H,14-15,39H2,1H3. The maximum atomic E-state index is 12.6. The number of ether oxygens (including phenoxy) is 5. The van der Waals surface area contributed by atoms with Gasteiger partial charge in [-0.05, 0) is 29.3 Å². The van der Waals surface area contributed by atoms with Gasteiger partial charge in [-0.1, -0.05) is 100 Å². The number of allylic oxidation sites excluding steroid dienone is 1. The summed E-state index contributed by atoms with van der Waals surface area (Å²) in [5, 5.41) is 9.55. The molecule has 1 heterocycles. The van der Waals surface area contributed by atoms with Crippen molar-refractivity contribution in [2.24, 2.45) is 5.73 Å². The molecule has 5 rings (SSSR count). The van der Waals surface area contributed by atoms with Crippen LogP contribution in [0.4, 0.5) is 0 Å². The lowest BCUT2D eigenvalue weighted by Crippen LogP contribution is -2.22. The van der Waals surface area contributed by atoms with Gasteiger partial charge in [-0.2, -0.15) is 5.26 Å². The van der Waals surface area contributed by atoms with Gasteiger partial charge in [-0.25, -0.2) is 4.79 Å². The van der Waals surface area contributed by atoms with E-state index in [0.717, 1.165) is 5.56 Å². The Balaban J connectivity index is 1.36. The number of benzene rings is 4. The fourth-order valence-corrected chi connectivity index (χ4v) is 5.79. The van der Waals surface area contributed by atoms with Crippen molar-refractivity contribution < 1.29 is 28.5 Å². The van der Waals surface area contributed by atoms with E-state index in [4.69, 9.17) is 87.4 Å². The number of methoxy groups -OCH3 is 1. The summed E-state index contributed by atoms with van der Waals surface area (Å²) in [7, 11) is 1.53. The molecule has 0 bridgehead atoms. The summed E-state index contributed by atoms with van der Waals surface area (Å²) in [6.07, 6.45) is 0. The van der Waals surface area contributed by atoms with E-state index in [0.29, 0.717) is 29.2 Å². The minimum Gasteiger partial charge on any atom is -0.493 e. The molecule has 0 radical (unpaired) electrons. The van der Waals surface area contributed by atoms with Gasteiger partial charge in [0.2, 0.25) is 5.88 Å². The highest BCUT2D eigenvalue weighted by atomic mass is 35.5. The van der Waals surface area contributed by atoms with Crippen LogP contribution in [0, 0.1) is 11.3 Å². The van der Waals surface area contributed by atoms with Crippen molar-refractivity contribution in [2.45, 2.75) is 12.5 Å². The normalized spacial score (nSPS) is 13.8. The average Bonchev–Trinajstić information content (AvgIpc) is 3.05. The van der Waals surface area contributed by atoms with Crippen LogP contribution in [-0.2, 0) is 11.4 Å². The van der Waals surface area contributed by atoms with Crippen LogP contribution in [0.15, 0.2) is 78.2 Å². The van der Waals surface area contributed by atoms with Gasteiger partial charge in [0.05, 0.1) is 28.1 Å². The Bertz CT molecular complexity index is 1830. The summed E-state index contributed by atoms with van der Waals surface area (Å²) in [5.41, 5.74) is 8.68. The Kier molecular flexibility index (Phi) is 10.1. The molecule has 4 aromatic rings. The van der Waals surface area contributed by atoms with Gasteiger partial charge in [0.15, 0.2) is 23.9 Å². The number of nitrogens with two attached hydrogens (primary N) is 1. The third kappa shape index (κ3) is 6.84. The molecule has 13 heteroatoms. The van der Waals surface area contributed by atoms with E-state index in [1.165, 1.54) is 13.2 Å². The Labute approximate surface area is 283 Å². The van der Waals surface area contributed by atoms with Gasteiger partial charge in [0, 0.05) is 11.6 Å². The van der Waals surface area contributed by atoms with Crippen molar-refractivity contribution in [1.29, 1.82) is 5.26 Å². The molecule has 230 valence electrons. The Morgan fingerprint density at radius 3 is 2.24 bits per heavy atom. The zero-order valence-electron chi connectivity index (χ0n) is 23.2. The van der Waals surface area contributed by atoms with Gasteiger partial charge >= 0.3 is 5.97 Å². The molecule has 2 N–H and O–H groups in total. The molecule has 0 saturated heterocycles. The second-order valence-electron chi connectivity index (χ2n) is 9.47. The van der Waals surface area contributed by atoms with Crippen molar-refractivity contribution in [3.8, 4) is 34.8 Å². The summed E-state index contributed by atoms with van der Waals surface area (Å²) in [6.45, 7) is -0.242. The van der Waals surface area contributed by atoms with E-state index in [2.05, 4.69) is 6.07 Å². The van der Waals surface area contributed by atoms with Crippen LogP contribution in [0.1, 0.15) is 22.6 Å². The van der Waals surface area contributed by atoms with Gasteiger partial charge in [-0.3, -0.25) is 0 Å². The van der Waals surface area contributed by atoms with E-state index >= 15 is 0 Å². The molecular weight excluding hydrogens is 686 g/mol. The third-order valence-electron chi connectivity index (χ3n) is 6.68. The zero-order chi connectivity index (χ0) is 32.2. The van der Waals surface area contributed by atoms with E-state index in [1.807, 2.05) is 36.4 Å². The van der Waals surface area contributed by atoms with Gasteiger partial charge in [0.25, 0.3) is 0 Å². The number of nitrogens with zero attached hydrogens (tertiary/aromatic N) is 1. The fourth-order valence-electron chi connectivity index (χ4n) is 4.56. The summed E-state index contributed by atoms with van der Waals surface area (Å²) >= 11 is 30.4. The van der Waals surface area contributed by atoms with Crippen molar-refractivity contribution in [2.75, 3.05) is 13.7 Å². The molecule has 0 spiro atoms. The number of halogens is 5. The molecule has 0 aliphatic carbocycles. The van der Waals surface area contributed by atoms with Crippen molar-refractivity contribution in [3.05, 3.63) is 120 Å². The monoisotopic (exact) mass is 704 g/mol. The molecule has 0 aromatic heterocycles. The van der Waals surface area contributed by atoms with Crippen LogP contribution in [0.3, 0.4) is 0 Å². The zero-order valence-corrected chi connectivity index (χ0v) is 27.0. The Hall–Kier alpha value is -3.97. The summed E-state index contributed by atoms with van der Waals surface area (Å²) in [4.78, 5) is 12.6. The largest absolute Gasteiger partial charge is 0.493 e. The molecule has 1 aliphatic rings. The quantitative estimate of drug-likeness (QED) is 0.0796. The number of carbonyl (C=O) groups is 1. The lowest BCUT2D eigenvalue weighted by Gasteiger charge is -2.27. The first kappa shape index (κ1) is 32.4. The molecule has 1 atom stereocenters. The molecule has 0 fully saturated rings. The third-order valence-corrected chi connectivity index (χ3v) is 8.93. The first-order valence-electron chi connectivity index (χ1n) is 13.0. The number of hydrogen-bond acceptors (Lipinski definition) is 8. The number of carbonyl (C=O) groups excluding carboxylic acids is 1. The number of rotatable bonds is 9. The smallest absolute Gasteiger partial charge is 0.349 e. The molecule has 45 heavy (non-hydrogen) atoms. The van der Waals surface area contributed by atoms with Crippen LogP contribution < -0.4 is 29.4 Å². The minimum atomic E-state index is -0.798. The Morgan fingerprint density at radius 2 is 1.58 bits per heavy atom. The van der Waals surface area contributed by atoms with E-state index in [-0.39, 0.29) is 53.8 Å². The van der Waals surface area contributed by atoms with Gasteiger partial charge in [0.1, 0.15) is 39.8 Å². The minimum absolute atomic E-state index is 0.0470. The van der Waals surface area contributed by atoms with Crippen molar-refractivity contribution in [3.63, 3.8) is 0 Å². The second kappa shape index (κ2) is 14.0. The molecular formula is C32H21Cl5N2O6. The van der Waals surface area contributed by atoms with Crippen molar-refractivity contribution in [1.82, 2.24) is 0 Å². The van der Waals surface area contributed by atoms with E-state index < -0.39 is 18.5 Å². The predicted octanol–water partition coefficient (Wildman–Crippen LogP) is 8.74. The SMILES string of the molecule is COc1cc(C2C(C#N)=C(N)Oc3cc(OC(=O)COc4c(Cl)c(Cl)c(Cl)c(Cl)c4Cl)ccc32)ccc1OCc1ccccc1. The van der Waals surface area contributed by atoms with Crippen LogP contribution in [0.25, 0.3) is 0 Å². The van der Waals surface area contributed by atoms with Crippen LogP contribution in [0.2, 0.25) is 25.1 Å². The lowest BCUT2D eigenvalue weighted by atomic mass is 9.83. The summed E-state index contributed by atoms with van der Waals surface area (Å²) in [5.74, 6) is -0.203. The molecule has 1 aliphatic heterocycles. The topological polar surface area (TPSA) is 113 Å². The molecule has 0 saturated carbocycles. The lowest BCUT2D eigenvalue weighted by molar-refractivity contribution is -0.136. The van der Waals surface area contributed by atoms with Gasteiger partial charge < -0.3 is 29.4 Å². The fraction of sp³-hybridized carbons (Fsp3) is 0.125. The second-order valence-corrected chi connectivity index (χ2v) is 11.4. The highest BCUT2D eigenvalue weighted by molar-refractivity contribution is 6.55. The Morgan fingerprint density at radius 1 is 0.889 bits per heavy atom. The van der Waals surface area contributed by atoms with Gasteiger partial charge in [-0.15, -0.1) is 0 Å². The van der Waals surface area contributed by atoms with Crippen LogP contribution in [0.5, 0.6) is 28.7 Å². The number of esters is 1. The molecule has 4 aromatic carbocycles. The highest BCUT2D eigenvalue weighted by Gasteiger charge is 2.32. The van der Waals surface area contributed by atoms with Crippen LogP contribution >= 0.6 is 58.0 Å². The highest BCUT2D eigenvalue weighted by Crippen LogP contribution is 2.48. The summed E-state index contributed by atoms with van der Waals surface area (Å²) in [6, 6.07) is 21.9. The summed E-state index contributed by atoms with van der Waals surface area (Å²) < 4.78 is 28.2. The predicted molar refractivity (Wildman–Crippen MR) is 172 cm³/mol. The average molecular weight is 707 g/mol. The molecule has 0 amide bonds. The number of fused-ring (bicyclic) bond motifs is 1. The number of nitriles is 1. The molecule has 1 unspecified atom stereocenters. The number of hydrogen-bond donors (Lipinski definition) is 1. The molecule has 8 nitrogen and oxygen atoms in total. The first-order valence-corrected chi connectivity index (χ1v) is 14.9. The van der Waals surface area contributed by atoms with Crippen LogP contribution in [-0.4, -0.2) is 19.7 Å². The maximum Gasteiger partial charge on any atom is 0.349 e.